The van der Waals surface area contributed by atoms with Gasteiger partial charge in [-0.25, -0.2) is 0 Å². The molecule has 25 nitrogen and oxygen atoms in total. The van der Waals surface area contributed by atoms with Crippen LogP contribution in [0.25, 0.3) is 42.5 Å². The molecular weight excluding hydrogens is 1010 g/mol. The smallest absolute Gasteiger partial charge is 0.303 e. The summed E-state index contributed by atoms with van der Waals surface area (Å²) in [6, 6.07) is 0. The number of carboxylic acid groups (broad SMARTS) is 3. The summed E-state index contributed by atoms with van der Waals surface area (Å²) in [7, 11) is 0. The molecule has 0 aliphatic carbocycles. The normalized spacial score (nSPS) is 25.7. The van der Waals surface area contributed by atoms with Gasteiger partial charge in [0.2, 0.25) is 17.7 Å². The molecule has 422 valence electrons. The Balaban J connectivity index is -0.000000587. The zero-order valence-corrected chi connectivity index (χ0v) is 43.4. The molecule has 70 heavy (non-hydrogen) atoms. The van der Waals surface area contributed by atoms with Crippen molar-refractivity contribution in [1.82, 2.24) is 37.2 Å². The number of carbonyl (C=O) groups is 6. The number of nitrogens with one attached hydrogen (secondary N) is 7. The summed E-state index contributed by atoms with van der Waals surface area (Å²) in [5, 5.41) is 85.5. The zero-order valence-electron chi connectivity index (χ0n) is 41.6. The Kier molecular flexibility index (Phi) is 43.0. The molecule has 0 spiro atoms. The minimum absolute atomic E-state index is 0. The van der Waals surface area contributed by atoms with E-state index < -0.39 is 40.6 Å². The third-order valence-electron chi connectivity index (χ3n) is 10.3. The number of nitrogens with two attached hydrogens (primary N) is 1. The van der Waals surface area contributed by atoms with Crippen LogP contribution in [0.1, 0.15) is 57.8 Å². The number of amides is 3. The number of nitrogens with zero attached hydrogens (tertiary/aromatic N) is 8. The second-order valence-electron chi connectivity index (χ2n) is 16.2. The summed E-state index contributed by atoms with van der Waals surface area (Å²) in [5.41, 5.74) is 2.74. The maximum Gasteiger partial charge on any atom is 0.303 e. The van der Waals surface area contributed by atoms with Crippen LogP contribution in [0.5, 0.6) is 0 Å². The Bertz CT molecular complexity index is 1370. The Morgan fingerprint density at radius 1 is 0.414 bits per heavy atom. The van der Waals surface area contributed by atoms with Crippen molar-refractivity contribution in [2.45, 2.75) is 80.4 Å². The van der Waals surface area contributed by atoms with Crippen molar-refractivity contribution in [1.29, 1.82) is 0 Å². The molecular formula is C43H82Cu2N16O9-12. The van der Waals surface area contributed by atoms with E-state index >= 15 is 0 Å². The van der Waals surface area contributed by atoms with E-state index in [0.29, 0.717) is 105 Å². The van der Waals surface area contributed by atoms with Gasteiger partial charge < -0.3 is 131 Å². The monoisotopic (exact) mass is 1090 g/mol. The molecule has 4 rings (SSSR count). The first-order chi connectivity index (χ1) is 30.7. The first-order valence-corrected chi connectivity index (χ1v) is 22.2. The van der Waals surface area contributed by atoms with Gasteiger partial charge in [0.1, 0.15) is 0 Å². The second-order valence-corrected chi connectivity index (χ2v) is 16.2. The van der Waals surface area contributed by atoms with Gasteiger partial charge in [-0.1, -0.05) is 22.7 Å². The Morgan fingerprint density at radius 3 is 0.986 bits per heavy atom. The van der Waals surface area contributed by atoms with E-state index in [9.17, 15) is 28.8 Å². The summed E-state index contributed by atoms with van der Waals surface area (Å²) in [6.45, 7) is 8.72. The largest absolute Gasteiger partial charge is 0.664 e. The summed E-state index contributed by atoms with van der Waals surface area (Å²) < 4.78 is 0. The van der Waals surface area contributed by atoms with Crippen molar-refractivity contribution in [3.8, 4) is 0 Å². The fourth-order valence-corrected chi connectivity index (χ4v) is 7.14. The summed E-state index contributed by atoms with van der Waals surface area (Å²) in [5.74, 6) is -3.62. The van der Waals surface area contributed by atoms with Crippen LogP contribution in [0.3, 0.4) is 0 Å². The molecule has 12 N–H and O–H groups in total. The molecule has 4 bridgehead atoms. The maximum absolute atomic E-state index is 12.6. The van der Waals surface area contributed by atoms with Gasteiger partial charge in [-0.3, -0.25) is 28.8 Å². The standard InChI is InChI=1S/C22H38N8O6.C17H32N8O3.4CH3.2Cu/c31-17(3-1-5-19(33)34)29-21-13-23-7-9-25-15-22(28-12-11-27-21,16-26-10-8-24-14-21)30-18(32)4-2-6-20(35)36;18-16-10-19-4-6-21-12-17(24-9-8-23-16,13-22-7-5-20-11-16)25-14(26)2-1-3-15(27)28;;;;;;/h23,25H,1-16H2,(H,29,31)(H,30,32)(H,33,34)(H,35,36);19,21H,1-13,18H2,(H,25,26)(H,27,28);4*1H3;;/q2*-4;4*-1;;/t21-,22+;16-,17-;;;;;;/m.1....../s1. The molecule has 4 heterocycles. The molecule has 27 heteroatoms. The van der Waals surface area contributed by atoms with E-state index in [1.807, 2.05) is 0 Å². The minimum Gasteiger partial charge on any atom is -0.664 e. The first-order valence-electron chi connectivity index (χ1n) is 22.2. The third kappa shape index (κ3) is 31.7. The van der Waals surface area contributed by atoms with Crippen molar-refractivity contribution in [2.75, 3.05) is 131 Å². The molecule has 3 amide bonds. The van der Waals surface area contributed by atoms with Crippen LogP contribution in [0.4, 0.5) is 0 Å². The number of aliphatic carboxylic acids is 3. The fraction of sp³-hybridized carbons (Fsp3) is 0.767. The van der Waals surface area contributed by atoms with Gasteiger partial charge in [0.15, 0.2) is 0 Å². The van der Waals surface area contributed by atoms with Crippen molar-refractivity contribution in [2.24, 2.45) is 5.73 Å². The zero-order chi connectivity index (χ0) is 46.6. The molecule has 4 aliphatic rings. The van der Waals surface area contributed by atoms with Crippen molar-refractivity contribution in [3.05, 3.63) is 72.2 Å². The van der Waals surface area contributed by atoms with Crippen molar-refractivity contribution < 1.29 is 78.2 Å². The summed E-state index contributed by atoms with van der Waals surface area (Å²) >= 11 is 0. The van der Waals surface area contributed by atoms with E-state index in [2.05, 4.69) is 63.8 Å². The number of fused-ring (bicyclic) bond motifs is 10. The molecule has 4 aliphatic heterocycles. The maximum atomic E-state index is 12.6. The molecule has 4 atom stereocenters. The van der Waals surface area contributed by atoms with E-state index in [4.69, 9.17) is 37.0 Å². The van der Waals surface area contributed by atoms with E-state index in [1.165, 1.54) is 0 Å². The van der Waals surface area contributed by atoms with E-state index in [0.717, 1.165) is 0 Å². The molecule has 0 unspecified atom stereocenters. The van der Waals surface area contributed by atoms with Gasteiger partial charge in [-0.05, 0) is 45.4 Å². The Hall–Kier alpha value is -2.66. The van der Waals surface area contributed by atoms with Crippen molar-refractivity contribution in [3.63, 3.8) is 0 Å². The van der Waals surface area contributed by atoms with E-state index in [-0.39, 0.29) is 166 Å². The number of carbonyl (C=O) groups excluding carboxylic acids is 3. The van der Waals surface area contributed by atoms with Crippen LogP contribution < -0.4 is 43.0 Å². The molecule has 4 fully saturated rings. The molecule has 4 saturated heterocycles. The van der Waals surface area contributed by atoms with Crippen LogP contribution in [0, 0.1) is 29.7 Å². The average Bonchev–Trinajstić information content (AvgIpc) is 3.21. The van der Waals surface area contributed by atoms with Crippen LogP contribution in [0.2, 0.25) is 0 Å². The summed E-state index contributed by atoms with van der Waals surface area (Å²) in [4.78, 5) is 69.8. The first kappa shape index (κ1) is 73.9. The van der Waals surface area contributed by atoms with Crippen LogP contribution in [-0.4, -0.2) is 204 Å². The van der Waals surface area contributed by atoms with Gasteiger partial charge in [-0.15, -0.1) is 26.2 Å². The minimum atomic E-state index is -1.00. The Morgan fingerprint density at radius 2 is 0.686 bits per heavy atom. The number of hydrogen-bond donors (Lipinski definition) is 11. The predicted octanol–water partition coefficient (Wildman–Crippen LogP) is 1.03. The molecule has 2 radical (unpaired) electrons. The SMILES string of the molecule is N[C@]12C[N-]CC[N-]C[C@](NC(=O)CCCC(=O)O)(CNCCNC1)[N-]CC[N-]2.O=C(O)CCCC(=O)N[C@@]12C[N-]CC[N-]C[C@@](NC(=O)CCCC(=O)O)(CNCCNC1)[N-]CC[N-]2.[CH3-].[CH3-].[CH3-].[CH3-].[Cu].[Cu]. The topological polar surface area (TPSA) is 386 Å². The third-order valence-corrected chi connectivity index (χ3v) is 10.3. The molecule has 0 aromatic rings. The predicted molar refractivity (Wildman–Crippen MR) is 266 cm³/mol. The van der Waals surface area contributed by atoms with Crippen LogP contribution in [0.15, 0.2) is 0 Å². The number of hydrogen-bond acceptors (Lipinski definition) is 11. The Labute approximate surface area is 438 Å². The molecule has 0 saturated carbocycles. The molecule has 0 aromatic heterocycles. The van der Waals surface area contributed by atoms with E-state index in [1.54, 1.807) is 0 Å². The van der Waals surface area contributed by atoms with Gasteiger partial charge in [0, 0.05) is 98.8 Å². The second kappa shape index (κ2) is 40.8. The van der Waals surface area contributed by atoms with Crippen LogP contribution in [-0.2, 0) is 62.9 Å². The average molecular weight is 1090 g/mol. The van der Waals surface area contributed by atoms with Crippen LogP contribution >= 0.6 is 0 Å². The van der Waals surface area contributed by atoms with Gasteiger partial charge in [-0.2, -0.15) is 52.4 Å². The van der Waals surface area contributed by atoms with Gasteiger partial charge in [0.25, 0.3) is 0 Å². The number of rotatable bonds is 15. The number of carboxylic acids is 3. The quantitative estimate of drug-likeness (QED) is 0.0807. The molecule has 0 aromatic carbocycles. The van der Waals surface area contributed by atoms with Gasteiger partial charge in [0.05, 0.1) is 0 Å². The fourth-order valence-electron chi connectivity index (χ4n) is 7.14. The van der Waals surface area contributed by atoms with Gasteiger partial charge >= 0.3 is 17.9 Å². The summed E-state index contributed by atoms with van der Waals surface area (Å²) in [6.07, 6.45) is 0.816. The van der Waals surface area contributed by atoms with Crippen molar-refractivity contribution >= 4 is 35.6 Å².